The molecule has 3 rings (SSSR count). The fourth-order valence-corrected chi connectivity index (χ4v) is 3.18. The Morgan fingerprint density at radius 3 is 2.38 bits per heavy atom. The molecule has 0 aliphatic carbocycles. The first-order chi connectivity index (χ1) is 12.5. The molecule has 0 saturated heterocycles. The van der Waals surface area contributed by atoms with Gasteiger partial charge in [-0.3, -0.25) is 4.79 Å². The Labute approximate surface area is 154 Å². The van der Waals surface area contributed by atoms with Crippen LogP contribution in [0.5, 0.6) is 17.2 Å². The van der Waals surface area contributed by atoms with E-state index in [0.717, 1.165) is 29.0 Å². The summed E-state index contributed by atoms with van der Waals surface area (Å²) in [5.41, 5.74) is 2.87. The number of hydrogen-bond donors (Lipinski definition) is 1. The predicted molar refractivity (Wildman–Crippen MR) is 101 cm³/mol. The lowest BCUT2D eigenvalue weighted by Crippen LogP contribution is -2.23. The second kappa shape index (κ2) is 7.68. The van der Waals surface area contributed by atoms with Gasteiger partial charge in [0, 0.05) is 24.1 Å². The number of hydrogen-bond acceptors (Lipinski definition) is 4. The molecule has 0 fully saturated rings. The van der Waals surface area contributed by atoms with E-state index in [1.54, 1.807) is 14.2 Å². The van der Waals surface area contributed by atoms with Gasteiger partial charge in [0.1, 0.15) is 5.75 Å². The molecule has 1 aliphatic heterocycles. The fraction of sp³-hybridized carbons (Fsp3) is 0.381. The molecule has 2 atom stereocenters. The van der Waals surface area contributed by atoms with Crippen LogP contribution in [0.1, 0.15) is 43.7 Å². The maximum Gasteiger partial charge on any atom is 0.225 e. The monoisotopic (exact) mass is 355 g/mol. The zero-order chi connectivity index (χ0) is 18.7. The Hall–Kier alpha value is -2.69. The molecule has 1 N–H and O–H groups in total. The fourth-order valence-electron chi connectivity index (χ4n) is 3.18. The molecule has 0 bridgehead atoms. The smallest absolute Gasteiger partial charge is 0.225 e. The van der Waals surface area contributed by atoms with Gasteiger partial charge in [0.2, 0.25) is 5.91 Å². The number of rotatable bonds is 6. The van der Waals surface area contributed by atoms with Crippen LogP contribution in [0.2, 0.25) is 0 Å². The van der Waals surface area contributed by atoms with Crippen LogP contribution in [-0.4, -0.2) is 26.2 Å². The van der Waals surface area contributed by atoms with Crippen molar-refractivity contribution in [1.29, 1.82) is 0 Å². The number of ether oxygens (including phenoxy) is 3. The van der Waals surface area contributed by atoms with Gasteiger partial charge < -0.3 is 19.5 Å². The van der Waals surface area contributed by atoms with Crippen molar-refractivity contribution in [3.8, 4) is 17.2 Å². The van der Waals surface area contributed by atoms with Crippen molar-refractivity contribution < 1.29 is 19.0 Å². The number of nitrogens with one attached hydrogen (secondary N) is 1. The molecule has 1 amide bonds. The molecule has 5 nitrogen and oxygen atoms in total. The van der Waals surface area contributed by atoms with E-state index in [1.807, 2.05) is 36.4 Å². The third-order valence-corrected chi connectivity index (χ3v) is 4.79. The molecule has 0 unspecified atom stereocenters. The van der Waals surface area contributed by atoms with E-state index in [9.17, 15) is 4.79 Å². The van der Waals surface area contributed by atoms with Gasteiger partial charge in [-0.2, -0.15) is 0 Å². The lowest BCUT2D eigenvalue weighted by molar-refractivity contribution is -0.116. The standard InChI is InChI=1S/C21H25NO4/c1-5-13(2)26-15-8-6-14(7-9-15)16-11-21(23)22-18-12-20(25-4)19(24-3)10-17(16)18/h6-10,12-13,16H,5,11H2,1-4H3,(H,22,23)/t13-,16+/m1/s1. The van der Waals surface area contributed by atoms with E-state index in [2.05, 4.69) is 19.2 Å². The number of methoxy groups -OCH3 is 2. The average Bonchev–Trinajstić information content (AvgIpc) is 2.66. The summed E-state index contributed by atoms with van der Waals surface area (Å²) < 4.78 is 16.6. The van der Waals surface area contributed by atoms with E-state index in [1.165, 1.54) is 0 Å². The first-order valence-corrected chi connectivity index (χ1v) is 8.88. The molecule has 0 spiro atoms. The van der Waals surface area contributed by atoms with Crippen molar-refractivity contribution in [1.82, 2.24) is 0 Å². The molecule has 1 aliphatic rings. The van der Waals surface area contributed by atoms with Gasteiger partial charge >= 0.3 is 0 Å². The van der Waals surface area contributed by atoms with Gasteiger partial charge in [-0.15, -0.1) is 0 Å². The van der Waals surface area contributed by atoms with Crippen molar-refractivity contribution in [3.63, 3.8) is 0 Å². The third-order valence-electron chi connectivity index (χ3n) is 4.79. The molecule has 0 aromatic heterocycles. The molecular formula is C21H25NO4. The minimum atomic E-state index is -0.0313. The van der Waals surface area contributed by atoms with Crippen molar-refractivity contribution in [3.05, 3.63) is 47.5 Å². The highest BCUT2D eigenvalue weighted by Crippen LogP contribution is 2.43. The molecule has 2 aromatic rings. The minimum Gasteiger partial charge on any atom is -0.493 e. The van der Waals surface area contributed by atoms with Gasteiger partial charge in [0.15, 0.2) is 11.5 Å². The Kier molecular flexibility index (Phi) is 5.35. The number of amides is 1. The molecule has 0 radical (unpaired) electrons. The Morgan fingerprint density at radius 2 is 1.77 bits per heavy atom. The summed E-state index contributed by atoms with van der Waals surface area (Å²) in [6.07, 6.45) is 1.53. The van der Waals surface area contributed by atoms with Crippen LogP contribution in [0, 0.1) is 0 Å². The van der Waals surface area contributed by atoms with E-state index in [4.69, 9.17) is 14.2 Å². The SMILES string of the molecule is CC[C@@H](C)Oc1ccc([C@@H]2CC(=O)Nc3cc(OC)c(OC)cc32)cc1. The van der Waals surface area contributed by atoms with Crippen molar-refractivity contribution in [2.75, 3.05) is 19.5 Å². The molecule has 138 valence electrons. The average molecular weight is 355 g/mol. The first kappa shape index (κ1) is 18.1. The maximum absolute atomic E-state index is 12.2. The van der Waals surface area contributed by atoms with Crippen LogP contribution in [0.3, 0.4) is 0 Å². The van der Waals surface area contributed by atoms with Gasteiger partial charge in [0.05, 0.1) is 20.3 Å². The van der Waals surface area contributed by atoms with Crippen LogP contribution in [-0.2, 0) is 4.79 Å². The zero-order valence-corrected chi connectivity index (χ0v) is 15.7. The summed E-state index contributed by atoms with van der Waals surface area (Å²) >= 11 is 0. The van der Waals surface area contributed by atoms with Crippen LogP contribution >= 0.6 is 0 Å². The van der Waals surface area contributed by atoms with Crippen LogP contribution in [0.15, 0.2) is 36.4 Å². The van der Waals surface area contributed by atoms with Crippen LogP contribution in [0.4, 0.5) is 5.69 Å². The third kappa shape index (κ3) is 3.62. The van der Waals surface area contributed by atoms with Gasteiger partial charge in [-0.05, 0) is 42.7 Å². The summed E-state index contributed by atoms with van der Waals surface area (Å²) in [6, 6.07) is 11.8. The number of carbonyl (C=O) groups excluding carboxylic acids is 1. The van der Waals surface area contributed by atoms with E-state index >= 15 is 0 Å². The summed E-state index contributed by atoms with van der Waals surface area (Å²) in [5, 5.41) is 2.93. The summed E-state index contributed by atoms with van der Waals surface area (Å²) in [6.45, 7) is 4.15. The number of fused-ring (bicyclic) bond motifs is 1. The highest BCUT2D eigenvalue weighted by molar-refractivity contribution is 5.96. The summed E-state index contributed by atoms with van der Waals surface area (Å²) in [4.78, 5) is 12.2. The minimum absolute atomic E-state index is 0.00495. The quantitative estimate of drug-likeness (QED) is 0.837. The normalized spacial score (nSPS) is 17.1. The van der Waals surface area contributed by atoms with Crippen molar-refractivity contribution >= 4 is 11.6 Å². The van der Waals surface area contributed by atoms with Crippen LogP contribution in [0.25, 0.3) is 0 Å². The van der Waals surface area contributed by atoms with Crippen LogP contribution < -0.4 is 19.5 Å². The second-order valence-electron chi connectivity index (χ2n) is 6.51. The van der Waals surface area contributed by atoms with E-state index in [0.29, 0.717) is 17.9 Å². The Morgan fingerprint density at radius 1 is 1.12 bits per heavy atom. The molecule has 2 aromatic carbocycles. The lowest BCUT2D eigenvalue weighted by atomic mass is 9.84. The summed E-state index contributed by atoms with van der Waals surface area (Å²) in [7, 11) is 3.20. The van der Waals surface area contributed by atoms with E-state index in [-0.39, 0.29) is 17.9 Å². The second-order valence-corrected chi connectivity index (χ2v) is 6.51. The van der Waals surface area contributed by atoms with E-state index < -0.39 is 0 Å². The topological polar surface area (TPSA) is 56.8 Å². The van der Waals surface area contributed by atoms with Gasteiger partial charge in [-0.25, -0.2) is 0 Å². The highest BCUT2D eigenvalue weighted by atomic mass is 16.5. The zero-order valence-electron chi connectivity index (χ0n) is 15.7. The first-order valence-electron chi connectivity index (χ1n) is 8.88. The van der Waals surface area contributed by atoms with Crippen molar-refractivity contribution in [2.45, 2.75) is 38.7 Å². The number of anilines is 1. The highest BCUT2D eigenvalue weighted by Gasteiger charge is 2.28. The predicted octanol–water partition coefficient (Wildman–Crippen LogP) is 4.36. The van der Waals surface area contributed by atoms with Gasteiger partial charge in [0.25, 0.3) is 0 Å². The molecular weight excluding hydrogens is 330 g/mol. The molecule has 26 heavy (non-hydrogen) atoms. The number of carbonyl (C=O) groups is 1. The Balaban J connectivity index is 1.95. The Bertz CT molecular complexity index is 785. The lowest BCUT2D eigenvalue weighted by Gasteiger charge is -2.27. The van der Waals surface area contributed by atoms with Gasteiger partial charge in [-0.1, -0.05) is 19.1 Å². The maximum atomic E-state index is 12.2. The summed E-state index contributed by atoms with van der Waals surface area (Å²) in [5.74, 6) is 2.07. The largest absolute Gasteiger partial charge is 0.493 e. The number of benzene rings is 2. The molecule has 0 saturated carbocycles. The van der Waals surface area contributed by atoms with Crippen molar-refractivity contribution in [2.24, 2.45) is 0 Å². The molecule has 5 heteroatoms. The molecule has 1 heterocycles.